The van der Waals surface area contributed by atoms with Crippen molar-refractivity contribution in [2.75, 3.05) is 11.4 Å². The molecule has 0 aliphatic heterocycles. The summed E-state index contributed by atoms with van der Waals surface area (Å²) in [6, 6.07) is 9.54. The predicted octanol–water partition coefficient (Wildman–Crippen LogP) is 3.64. The molecule has 1 aliphatic carbocycles. The number of carbonyl (C=O) groups excluding carboxylic acids is 1. The molecule has 0 radical (unpaired) electrons. The van der Waals surface area contributed by atoms with Gasteiger partial charge in [0.05, 0.1) is 11.7 Å². The standard InChI is InChI=1S/C21H23N3O2S/c1-3-24(15-7-5-4-6-8-15)18(25)12-23-13-22-20-19(21(23)26)16-10-9-14(2)11-17(16)27-20/h4-8,13-14H,3,9-12H2,1-2H3/t14-/m1/s1. The Balaban J connectivity index is 1.67. The Morgan fingerprint density at radius 2 is 2.11 bits per heavy atom. The van der Waals surface area contributed by atoms with E-state index in [1.807, 2.05) is 37.3 Å². The fourth-order valence-corrected chi connectivity index (χ4v) is 5.16. The molecule has 0 N–H and O–H groups in total. The van der Waals surface area contributed by atoms with Crippen molar-refractivity contribution >= 4 is 33.1 Å². The first-order chi connectivity index (χ1) is 13.1. The van der Waals surface area contributed by atoms with E-state index in [2.05, 4.69) is 11.9 Å². The number of para-hydroxylation sites is 1. The fourth-order valence-electron chi connectivity index (χ4n) is 3.82. The maximum absolute atomic E-state index is 13.1. The Bertz CT molecular complexity index is 1040. The zero-order valence-corrected chi connectivity index (χ0v) is 16.5. The molecule has 0 fully saturated rings. The minimum atomic E-state index is -0.107. The maximum Gasteiger partial charge on any atom is 0.262 e. The monoisotopic (exact) mass is 381 g/mol. The number of anilines is 1. The van der Waals surface area contributed by atoms with Crippen LogP contribution in [0.4, 0.5) is 5.69 Å². The van der Waals surface area contributed by atoms with Crippen molar-refractivity contribution in [2.24, 2.45) is 5.92 Å². The highest BCUT2D eigenvalue weighted by molar-refractivity contribution is 7.18. The van der Waals surface area contributed by atoms with Crippen LogP contribution >= 0.6 is 11.3 Å². The van der Waals surface area contributed by atoms with Gasteiger partial charge in [-0.05, 0) is 49.8 Å². The Hall–Kier alpha value is -2.47. The molecule has 2 aromatic heterocycles. The molecule has 1 aliphatic rings. The van der Waals surface area contributed by atoms with Gasteiger partial charge in [-0.2, -0.15) is 0 Å². The average Bonchev–Trinajstić information content (AvgIpc) is 3.03. The fraction of sp³-hybridized carbons (Fsp3) is 0.381. The number of carbonyl (C=O) groups is 1. The van der Waals surface area contributed by atoms with Crippen LogP contribution in [0.15, 0.2) is 41.5 Å². The van der Waals surface area contributed by atoms with Gasteiger partial charge in [-0.1, -0.05) is 25.1 Å². The summed E-state index contributed by atoms with van der Waals surface area (Å²) in [5, 5.41) is 0.722. The zero-order valence-electron chi connectivity index (χ0n) is 15.6. The van der Waals surface area contributed by atoms with Crippen LogP contribution in [-0.2, 0) is 24.2 Å². The Labute approximate surface area is 162 Å². The van der Waals surface area contributed by atoms with Crippen LogP contribution in [0.1, 0.15) is 30.7 Å². The smallest absolute Gasteiger partial charge is 0.262 e. The lowest BCUT2D eigenvalue weighted by Crippen LogP contribution is -2.36. The van der Waals surface area contributed by atoms with Gasteiger partial charge in [-0.25, -0.2) is 4.98 Å². The minimum Gasteiger partial charge on any atom is -0.311 e. The van der Waals surface area contributed by atoms with E-state index in [0.29, 0.717) is 12.5 Å². The molecule has 5 nitrogen and oxygen atoms in total. The van der Waals surface area contributed by atoms with E-state index < -0.39 is 0 Å². The topological polar surface area (TPSA) is 55.2 Å². The number of benzene rings is 1. The zero-order chi connectivity index (χ0) is 19.0. The lowest BCUT2D eigenvalue weighted by Gasteiger charge is -2.21. The largest absolute Gasteiger partial charge is 0.311 e. The second-order valence-corrected chi connectivity index (χ2v) is 8.27. The van der Waals surface area contributed by atoms with Crippen LogP contribution in [0.5, 0.6) is 0 Å². The molecule has 4 rings (SSSR count). The summed E-state index contributed by atoms with van der Waals surface area (Å²) in [4.78, 5) is 34.2. The van der Waals surface area contributed by atoms with Gasteiger partial charge in [0.1, 0.15) is 11.4 Å². The van der Waals surface area contributed by atoms with E-state index in [4.69, 9.17) is 0 Å². The predicted molar refractivity (Wildman–Crippen MR) is 110 cm³/mol. The molecule has 27 heavy (non-hydrogen) atoms. The van der Waals surface area contributed by atoms with Gasteiger partial charge in [0.15, 0.2) is 0 Å². The van der Waals surface area contributed by atoms with Crippen molar-refractivity contribution in [3.63, 3.8) is 0 Å². The normalized spacial score (nSPS) is 16.3. The molecule has 2 heterocycles. The SMILES string of the molecule is CCN(C(=O)Cn1cnc2sc3c(c2c1=O)CC[C@@H](C)C3)c1ccccc1. The van der Waals surface area contributed by atoms with Crippen molar-refractivity contribution in [3.8, 4) is 0 Å². The van der Waals surface area contributed by atoms with Crippen molar-refractivity contribution in [2.45, 2.75) is 39.7 Å². The highest BCUT2D eigenvalue weighted by Crippen LogP contribution is 2.35. The first-order valence-corrected chi connectivity index (χ1v) is 10.2. The molecule has 0 bridgehead atoms. The molecule has 1 atom stereocenters. The lowest BCUT2D eigenvalue weighted by atomic mass is 9.89. The number of thiophene rings is 1. The molecular formula is C21H23N3O2S. The summed E-state index contributed by atoms with van der Waals surface area (Å²) in [7, 11) is 0. The van der Waals surface area contributed by atoms with Crippen LogP contribution in [0.2, 0.25) is 0 Å². The number of amides is 1. The summed E-state index contributed by atoms with van der Waals surface area (Å²) in [6.45, 7) is 4.75. The first kappa shape index (κ1) is 17.9. The average molecular weight is 382 g/mol. The number of hydrogen-bond acceptors (Lipinski definition) is 4. The first-order valence-electron chi connectivity index (χ1n) is 9.43. The van der Waals surface area contributed by atoms with Gasteiger partial charge in [0, 0.05) is 17.1 Å². The van der Waals surface area contributed by atoms with E-state index in [1.165, 1.54) is 15.8 Å². The van der Waals surface area contributed by atoms with Gasteiger partial charge >= 0.3 is 0 Å². The van der Waals surface area contributed by atoms with Gasteiger partial charge in [0.25, 0.3) is 5.56 Å². The van der Waals surface area contributed by atoms with Crippen LogP contribution in [-0.4, -0.2) is 22.0 Å². The number of likely N-dealkylation sites (N-methyl/N-ethyl adjacent to an activating group) is 1. The number of aryl methyl sites for hydroxylation is 1. The number of nitrogens with zero attached hydrogens (tertiary/aromatic N) is 3. The molecule has 0 saturated heterocycles. The quantitative estimate of drug-likeness (QED) is 0.693. The highest BCUT2D eigenvalue weighted by atomic mass is 32.1. The summed E-state index contributed by atoms with van der Waals surface area (Å²) in [5.41, 5.74) is 1.90. The van der Waals surface area contributed by atoms with Crippen molar-refractivity contribution in [1.29, 1.82) is 0 Å². The van der Waals surface area contributed by atoms with E-state index in [-0.39, 0.29) is 18.0 Å². The van der Waals surface area contributed by atoms with Crippen molar-refractivity contribution in [1.82, 2.24) is 9.55 Å². The second kappa shape index (κ2) is 7.27. The second-order valence-electron chi connectivity index (χ2n) is 7.18. The Kier molecular flexibility index (Phi) is 4.83. The molecule has 0 unspecified atom stereocenters. The van der Waals surface area contributed by atoms with E-state index in [0.717, 1.165) is 40.7 Å². The van der Waals surface area contributed by atoms with Crippen LogP contribution in [0, 0.1) is 5.92 Å². The Morgan fingerprint density at radius 1 is 1.33 bits per heavy atom. The maximum atomic E-state index is 13.1. The number of rotatable bonds is 4. The van der Waals surface area contributed by atoms with Gasteiger partial charge in [0.2, 0.25) is 5.91 Å². The molecule has 140 valence electrons. The van der Waals surface area contributed by atoms with E-state index in [1.54, 1.807) is 16.2 Å². The van der Waals surface area contributed by atoms with E-state index in [9.17, 15) is 9.59 Å². The van der Waals surface area contributed by atoms with Crippen molar-refractivity contribution < 1.29 is 4.79 Å². The molecule has 1 amide bonds. The summed E-state index contributed by atoms with van der Waals surface area (Å²) in [5.74, 6) is 0.544. The van der Waals surface area contributed by atoms with Crippen molar-refractivity contribution in [3.05, 3.63) is 57.5 Å². The number of aromatic nitrogens is 2. The summed E-state index contributed by atoms with van der Waals surface area (Å²) >= 11 is 1.63. The van der Waals surface area contributed by atoms with Crippen LogP contribution in [0.3, 0.4) is 0 Å². The molecule has 6 heteroatoms. The van der Waals surface area contributed by atoms with E-state index >= 15 is 0 Å². The molecule has 0 saturated carbocycles. The summed E-state index contributed by atoms with van der Waals surface area (Å²) < 4.78 is 1.46. The highest BCUT2D eigenvalue weighted by Gasteiger charge is 2.24. The molecule has 0 spiro atoms. The third kappa shape index (κ3) is 3.30. The van der Waals surface area contributed by atoms with Crippen LogP contribution in [0.25, 0.3) is 10.2 Å². The Morgan fingerprint density at radius 3 is 2.85 bits per heavy atom. The van der Waals surface area contributed by atoms with Gasteiger partial charge in [-0.15, -0.1) is 11.3 Å². The number of hydrogen-bond donors (Lipinski definition) is 0. The summed E-state index contributed by atoms with van der Waals surface area (Å²) in [6.07, 6.45) is 4.57. The molecular weight excluding hydrogens is 358 g/mol. The third-order valence-corrected chi connectivity index (χ3v) is 6.44. The van der Waals surface area contributed by atoms with Gasteiger partial charge < -0.3 is 4.90 Å². The lowest BCUT2D eigenvalue weighted by molar-refractivity contribution is -0.119. The number of fused-ring (bicyclic) bond motifs is 3. The van der Waals surface area contributed by atoms with Gasteiger partial charge in [-0.3, -0.25) is 14.2 Å². The molecule has 1 aromatic carbocycles. The minimum absolute atomic E-state index is 0.00549. The molecule has 3 aromatic rings. The van der Waals surface area contributed by atoms with Crippen LogP contribution < -0.4 is 10.5 Å². The third-order valence-electron chi connectivity index (χ3n) is 5.27.